The minimum Gasteiger partial charge on any atom is -0.349 e. The molecule has 0 aromatic rings. The van der Waals surface area contributed by atoms with Crippen LogP contribution in [0, 0.1) is 5.92 Å². The van der Waals surface area contributed by atoms with Crippen LogP contribution in [-0.4, -0.2) is 24.9 Å². The maximum absolute atomic E-state index is 11.2. The molecule has 1 unspecified atom stereocenters. The predicted molar refractivity (Wildman–Crippen MR) is 47.3 cm³/mol. The van der Waals surface area contributed by atoms with Gasteiger partial charge in [0, 0.05) is 20.0 Å². The van der Waals surface area contributed by atoms with Gasteiger partial charge in [-0.3, -0.25) is 4.79 Å². The molecule has 0 heterocycles. The van der Waals surface area contributed by atoms with E-state index in [1.54, 1.807) is 19.0 Å². The van der Waals surface area contributed by atoms with Gasteiger partial charge < -0.3 is 4.90 Å². The molecular formula is C9H17NO. The van der Waals surface area contributed by atoms with Gasteiger partial charge in [-0.25, -0.2) is 0 Å². The summed E-state index contributed by atoms with van der Waals surface area (Å²) in [4.78, 5) is 12.9. The number of allylic oxidation sites excluding steroid dienone is 1. The molecule has 0 radical (unpaired) electrons. The molecule has 11 heavy (non-hydrogen) atoms. The smallest absolute Gasteiger partial charge is 0.224 e. The van der Waals surface area contributed by atoms with Gasteiger partial charge in [0.2, 0.25) is 5.91 Å². The van der Waals surface area contributed by atoms with Gasteiger partial charge in [0.05, 0.1) is 0 Å². The van der Waals surface area contributed by atoms with Crippen LogP contribution in [0.15, 0.2) is 12.7 Å². The molecule has 2 nitrogen and oxygen atoms in total. The molecule has 0 saturated carbocycles. The summed E-state index contributed by atoms with van der Waals surface area (Å²) in [5.74, 6) is 0.329. The number of nitrogens with zero attached hydrogens (tertiary/aromatic N) is 1. The average Bonchev–Trinajstić information content (AvgIpc) is 1.98. The predicted octanol–water partition coefficient (Wildman–Crippen LogP) is 1.68. The van der Waals surface area contributed by atoms with E-state index in [-0.39, 0.29) is 11.8 Å². The van der Waals surface area contributed by atoms with Crippen LogP contribution in [0.25, 0.3) is 0 Å². The molecule has 0 bridgehead atoms. The van der Waals surface area contributed by atoms with Crippen LogP contribution in [0.3, 0.4) is 0 Å². The lowest BCUT2D eigenvalue weighted by Crippen LogP contribution is -2.27. The van der Waals surface area contributed by atoms with Crippen molar-refractivity contribution >= 4 is 5.91 Å². The number of hydrogen-bond donors (Lipinski definition) is 0. The molecule has 0 aromatic carbocycles. The van der Waals surface area contributed by atoms with Gasteiger partial charge >= 0.3 is 0 Å². The van der Waals surface area contributed by atoms with Gasteiger partial charge in [-0.1, -0.05) is 13.0 Å². The highest BCUT2D eigenvalue weighted by Gasteiger charge is 2.12. The van der Waals surface area contributed by atoms with Crippen molar-refractivity contribution in [2.24, 2.45) is 5.92 Å². The highest BCUT2D eigenvalue weighted by atomic mass is 16.2. The summed E-state index contributed by atoms with van der Waals surface area (Å²) in [6.45, 7) is 5.56. The maximum Gasteiger partial charge on any atom is 0.224 e. The first-order chi connectivity index (χ1) is 5.09. The fraction of sp³-hybridized carbons (Fsp3) is 0.667. The molecular weight excluding hydrogens is 138 g/mol. The first kappa shape index (κ1) is 10.2. The van der Waals surface area contributed by atoms with E-state index in [2.05, 4.69) is 6.58 Å². The van der Waals surface area contributed by atoms with Crippen LogP contribution >= 0.6 is 0 Å². The number of amides is 1. The van der Waals surface area contributed by atoms with Crippen molar-refractivity contribution < 1.29 is 4.79 Å². The Bertz CT molecular complexity index is 140. The van der Waals surface area contributed by atoms with Gasteiger partial charge in [-0.05, 0) is 12.8 Å². The average molecular weight is 155 g/mol. The molecule has 0 N–H and O–H groups in total. The Balaban J connectivity index is 3.73. The monoisotopic (exact) mass is 155 g/mol. The minimum atomic E-state index is 0.128. The zero-order valence-electron chi connectivity index (χ0n) is 7.63. The summed E-state index contributed by atoms with van der Waals surface area (Å²) in [7, 11) is 3.57. The van der Waals surface area contributed by atoms with Crippen LogP contribution in [0.2, 0.25) is 0 Å². The number of carbonyl (C=O) groups excluding carboxylic acids is 1. The van der Waals surface area contributed by atoms with E-state index in [1.165, 1.54) is 0 Å². The van der Waals surface area contributed by atoms with Crippen LogP contribution in [0.1, 0.15) is 19.8 Å². The zero-order chi connectivity index (χ0) is 8.85. The molecule has 0 aliphatic carbocycles. The number of hydrogen-bond acceptors (Lipinski definition) is 1. The molecule has 0 aliphatic heterocycles. The first-order valence-corrected chi connectivity index (χ1v) is 3.91. The van der Waals surface area contributed by atoms with E-state index < -0.39 is 0 Å². The highest BCUT2D eigenvalue weighted by Crippen LogP contribution is 2.07. The van der Waals surface area contributed by atoms with Crippen molar-refractivity contribution in [1.29, 1.82) is 0 Å². The Hall–Kier alpha value is -0.790. The zero-order valence-corrected chi connectivity index (χ0v) is 7.63. The van der Waals surface area contributed by atoms with Gasteiger partial charge in [-0.15, -0.1) is 6.58 Å². The Morgan fingerprint density at radius 2 is 2.18 bits per heavy atom. The van der Waals surface area contributed by atoms with Gasteiger partial charge in [-0.2, -0.15) is 0 Å². The van der Waals surface area contributed by atoms with E-state index >= 15 is 0 Å². The van der Waals surface area contributed by atoms with Crippen molar-refractivity contribution in [2.45, 2.75) is 19.8 Å². The van der Waals surface area contributed by atoms with E-state index in [0.717, 1.165) is 12.8 Å². The van der Waals surface area contributed by atoms with Crippen LogP contribution in [-0.2, 0) is 4.79 Å². The second-order valence-corrected chi connectivity index (χ2v) is 3.00. The molecule has 1 amide bonds. The van der Waals surface area contributed by atoms with Crippen LogP contribution in [0.5, 0.6) is 0 Å². The van der Waals surface area contributed by atoms with Crippen molar-refractivity contribution in [1.82, 2.24) is 4.90 Å². The standard InChI is InChI=1S/C9H17NO/c1-5-6-7-8(2)9(11)10(3)4/h5,8H,1,6-7H2,2-4H3. The van der Waals surface area contributed by atoms with Gasteiger partial charge in [0.15, 0.2) is 0 Å². The molecule has 0 fully saturated rings. The van der Waals surface area contributed by atoms with E-state index in [4.69, 9.17) is 0 Å². The van der Waals surface area contributed by atoms with Crippen molar-refractivity contribution in [2.75, 3.05) is 14.1 Å². The molecule has 0 saturated heterocycles. The molecule has 2 heteroatoms. The van der Waals surface area contributed by atoms with Crippen molar-refractivity contribution in [3.63, 3.8) is 0 Å². The van der Waals surface area contributed by atoms with Crippen LogP contribution in [0.4, 0.5) is 0 Å². The normalized spacial score (nSPS) is 12.3. The maximum atomic E-state index is 11.2. The van der Waals surface area contributed by atoms with E-state index in [0.29, 0.717) is 0 Å². The van der Waals surface area contributed by atoms with Gasteiger partial charge in [0.1, 0.15) is 0 Å². The lowest BCUT2D eigenvalue weighted by atomic mass is 10.0. The fourth-order valence-electron chi connectivity index (χ4n) is 0.932. The fourth-order valence-corrected chi connectivity index (χ4v) is 0.932. The third-order valence-electron chi connectivity index (χ3n) is 1.67. The summed E-state index contributed by atoms with van der Waals surface area (Å²) < 4.78 is 0. The Labute approximate surface area is 68.9 Å². The minimum absolute atomic E-state index is 0.128. The summed E-state index contributed by atoms with van der Waals surface area (Å²) in [5.41, 5.74) is 0. The third-order valence-corrected chi connectivity index (χ3v) is 1.67. The van der Waals surface area contributed by atoms with E-state index in [9.17, 15) is 4.79 Å². The van der Waals surface area contributed by atoms with Crippen molar-refractivity contribution in [3.05, 3.63) is 12.7 Å². The Kier molecular flexibility index (Phi) is 4.59. The van der Waals surface area contributed by atoms with E-state index in [1.807, 2.05) is 13.0 Å². The molecule has 0 aromatic heterocycles. The first-order valence-electron chi connectivity index (χ1n) is 3.91. The number of rotatable bonds is 4. The highest BCUT2D eigenvalue weighted by molar-refractivity contribution is 5.77. The van der Waals surface area contributed by atoms with Crippen molar-refractivity contribution in [3.8, 4) is 0 Å². The molecule has 64 valence electrons. The second-order valence-electron chi connectivity index (χ2n) is 3.00. The largest absolute Gasteiger partial charge is 0.349 e. The quantitative estimate of drug-likeness (QED) is 0.566. The summed E-state index contributed by atoms with van der Waals surface area (Å²) in [6.07, 6.45) is 3.67. The third kappa shape index (κ3) is 3.81. The summed E-state index contributed by atoms with van der Waals surface area (Å²) >= 11 is 0. The lowest BCUT2D eigenvalue weighted by molar-refractivity contribution is -0.132. The van der Waals surface area contributed by atoms with Gasteiger partial charge in [0.25, 0.3) is 0 Å². The summed E-state index contributed by atoms with van der Waals surface area (Å²) in [5, 5.41) is 0. The molecule has 0 spiro atoms. The Morgan fingerprint density at radius 1 is 1.64 bits per heavy atom. The molecule has 0 aliphatic rings. The second kappa shape index (κ2) is 4.94. The SMILES string of the molecule is C=CCCC(C)C(=O)N(C)C. The summed E-state index contributed by atoms with van der Waals surface area (Å²) in [6, 6.07) is 0. The molecule has 0 rings (SSSR count). The topological polar surface area (TPSA) is 20.3 Å². The number of carbonyl (C=O) groups is 1. The van der Waals surface area contributed by atoms with Crippen LogP contribution < -0.4 is 0 Å². The molecule has 1 atom stereocenters. The Morgan fingerprint density at radius 3 is 2.55 bits per heavy atom. The lowest BCUT2D eigenvalue weighted by Gasteiger charge is -2.15.